The maximum atomic E-state index is 9.91. The van der Waals surface area contributed by atoms with E-state index in [9.17, 15) is 4.79 Å². The van der Waals surface area contributed by atoms with E-state index in [1.807, 2.05) is 0 Å². The molecule has 0 saturated carbocycles. The van der Waals surface area contributed by atoms with E-state index in [1.54, 1.807) is 0 Å². The molecule has 0 saturated heterocycles. The molecule has 1 rings (SSSR count). The van der Waals surface area contributed by atoms with E-state index >= 15 is 0 Å². The Bertz CT molecular complexity index is 188. The van der Waals surface area contributed by atoms with Crippen molar-refractivity contribution in [3.63, 3.8) is 0 Å². The van der Waals surface area contributed by atoms with Crippen molar-refractivity contribution < 1.29 is 45.3 Å². The summed E-state index contributed by atoms with van der Waals surface area (Å²) in [5.74, 6) is -1.42. The van der Waals surface area contributed by atoms with E-state index in [4.69, 9.17) is 5.11 Å². The van der Waals surface area contributed by atoms with Crippen molar-refractivity contribution in [3.8, 4) is 0 Å². The van der Waals surface area contributed by atoms with E-state index in [-0.39, 0.29) is 36.9 Å². The molecule has 0 aliphatic heterocycles. The normalized spacial score (nSPS) is 8.00. The molecule has 1 aromatic rings. The molecule has 0 aromatic carbocycles. The molecule has 1 aromatic heterocycles. The van der Waals surface area contributed by atoms with Gasteiger partial charge in [0.05, 0.1) is 6.20 Å². The van der Waals surface area contributed by atoms with Gasteiger partial charge in [-0.3, -0.25) is 0 Å². The van der Waals surface area contributed by atoms with Crippen LogP contribution >= 0.6 is 0 Å². The van der Waals surface area contributed by atoms with Crippen LogP contribution in [0.4, 0.5) is 0 Å². The molecule has 1 N–H and O–H groups in total. The third-order valence-electron chi connectivity index (χ3n) is 0.615. The van der Waals surface area contributed by atoms with Crippen LogP contribution in [0.3, 0.4) is 0 Å². The van der Waals surface area contributed by atoms with Crippen molar-refractivity contribution in [2.24, 2.45) is 0 Å². The number of carboxylic acid groups (broad SMARTS) is 1. The number of nitrogens with zero attached hydrogens (tertiary/aromatic N) is 1. The molecule has 9 heavy (non-hydrogen) atoms. The summed E-state index contributed by atoms with van der Waals surface area (Å²) in [4.78, 5) is 13.3. The second-order valence-corrected chi connectivity index (χ2v) is 1.14. The molecular formula is C4H4NNaO3. The Hall–Kier alpha value is -0.320. The third-order valence-corrected chi connectivity index (χ3v) is 0.615. The molecule has 1 heterocycles. The summed E-state index contributed by atoms with van der Waals surface area (Å²) in [6, 6.07) is 0. The summed E-state index contributed by atoms with van der Waals surface area (Å²) in [6.45, 7) is 0. The minimum atomic E-state index is -1.14. The van der Waals surface area contributed by atoms with E-state index in [0.29, 0.717) is 0 Å². The summed E-state index contributed by atoms with van der Waals surface area (Å²) in [5.41, 5.74) is 0. The number of aromatic carboxylic acids is 1. The van der Waals surface area contributed by atoms with Crippen LogP contribution in [0.5, 0.6) is 0 Å². The smallest absolute Gasteiger partial charge is 1.00 e. The molecule has 0 fully saturated rings. The van der Waals surface area contributed by atoms with Crippen LogP contribution < -0.4 is 29.6 Å². The van der Waals surface area contributed by atoms with Gasteiger partial charge < -0.3 is 11.0 Å². The second kappa shape index (κ2) is 3.66. The summed E-state index contributed by atoms with van der Waals surface area (Å²) < 4.78 is 4.38. The van der Waals surface area contributed by atoms with Gasteiger partial charge in [0, 0.05) is 0 Å². The molecule has 0 unspecified atom stereocenters. The molecule has 0 aliphatic carbocycles. The number of carboxylic acids is 1. The number of aromatic nitrogens is 1. The van der Waals surface area contributed by atoms with Crippen LogP contribution in [0.15, 0.2) is 16.9 Å². The zero-order valence-electron chi connectivity index (χ0n) is 5.87. The molecule has 0 bridgehead atoms. The Morgan fingerprint density at radius 1 is 1.89 bits per heavy atom. The Morgan fingerprint density at radius 3 is 2.78 bits per heavy atom. The summed E-state index contributed by atoms with van der Waals surface area (Å²) >= 11 is 0. The van der Waals surface area contributed by atoms with Gasteiger partial charge in [-0.05, 0) is 0 Å². The maximum Gasteiger partial charge on any atom is 1.00 e. The predicted octanol–water partition coefficient (Wildman–Crippen LogP) is -2.51. The first-order chi connectivity index (χ1) is 3.80. The predicted molar refractivity (Wildman–Crippen MR) is 24.6 cm³/mol. The minimum Gasteiger partial charge on any atom is -1.00 e. The molecule has 5 heteroatoms. The standard InChI is InChI=1S/C4H3NO3.Na.H/c6-4(7)3-5-1-2-8-3;;/h1-2H,(H,6,7);;/q;+1;-1. The average molecular weight is 137 g/mol. The molecule has 0 aliphatic rings. The largest absolute Gasteiger partial charge is 1.00 e. The summed E-state index contributed by atoms with van der Waals surface area (Å²) in [7, 11) is 0. The SMILES string of the molecule is O=C(O)c1ncco1.[H-].[Na+]. The van der Waals surface area contributed by atoms with Gasteiger partial charge >= 0.3 is 41.4 Å². The Labute approximate surface area is 74.7 Å². The molecule has 4 nitrogen and oxygen atoms in total. The molecule has 44 valence electrons. The van der Waals surface area contributed by atoms with Crippen molar-refractivity contribution in [2.45, 2.75) is 0 Å². The molecule has 0 amide bonds. The van der Waals surface area contributed by atoms with Crippen molar-refractivity contribution in [1.82, 2.24) is 4.98 Å². The van der Waals surface area contributed by atoms with Crippen LogP contribution in [-0.4, -0.2) is 16.1 Å². The van der Waals surface area contributed by atoms with E-state index < -0.39 is 5.97 Å². The average Bonchev–Trinajstić information content (AvgIpc) is 2.12. The van der Waals surface area contributed by atoms with E-state index in [2.05, 4.69) is 9.40 Å². The quantitative estimate of drug-likeness (QED) is 0.434. The zero-order chi connectivity index (χ0) is 5.98. The fraction of sp³-hybridized carbons (Fsp3) is 0. The Morgan fingerprint density at radius 2 is 2.56 bits per heavy atom. The Kier molecular flexibility index (Phi) is 3.53. The van der Waals surface area contributed by atoms with E-state index in [0.717, 1.165) is 0 Å². The number of oxazole rings is 1. The molecule has 0 radical (unpaired) electrons. The van der Waals surface area contributed by atoms with Gasteiger partial charge in [0.25, 0.3) is 0 Å². The van der Waals surface area contributed by atoms with Gasteiger partial charge in [0.1, 0.15) is 6.26 Å². The van der Waals surface area contributed by atoms with Crippen molar-refractivity contribution in [3.05, 3.63) is 18.4 Å². The first-order valence-corrected chi connectivity index (χ1v) is 1.93. The van der Waals surface area contributed by atoms with Gasteiger partial charge in [0.15, 0.2) is 0 Å². The zero-order valence-corrected chi connectivity index (χ0v) is 6.87. The van der Waals surface area contributed by atoms with E-state index in [1.165, 1.54) is 12.5 Å². The van der Waals surface area contributed by atoms with Crippen LogP contribution in [0.1, 0.15) is 12.1 Å². The fourth-order valence-electron chi connectivity index (χ4n) is 0.329. The Balaban J connectivity index is 0. The number of carbonyl (C=O) groups is 1. The van der Waals surface area contributed by atoms with Gasteiger partial charge in [-0.2, -0.15) is 0 Å². The number of rotatable bonds is 1. The third kappa shape index (κ3) is 2.17. The second-order valence-electron chi connectivity index (χ2n) is 1.14. The monoisotopic (exact) mass is 137 g/mol. The number of hydrogen-bond donors (Lipinski definition) is 1. The minimum absolute atomic E-state index is 0. The molecular weight excluding hydrogens is 133 g/mol. The summed E-state index contributed by atoms with van der Waals surface area (Å²) in [6.07, 6.45) is 2.49. The molecule has 0 atom stereocenters. The fourth-order valence-corrected chi connectivity index (χ4v) is 0.329. The van der Waals surface area contributed by atoms with Gasteiger partial charge in [-0.25, -0.2) is 9.78 Å². The topological polar surface area (TPSA) is 63.3 Å². The number of hydrogen-bond acceptors (Lipinski definition) is 3. The first kappa shape index (κ1) is 8.68. The molecule has 0 spiro atoms. The van der Waals surface area contributed by atoms with Crippen LogP contribution in [0, 0.1) is 0 Å². The van der Waals surface area contributed by atoms with Gasteiger partial charge in [0.2, 0.25) is 0 Å². The van der Waals surface area contributed by atoms with Crippen molar-refractivity contribution in [1.29, 1.82) is 0 Å². The summed E-state index contributed by atoms with van der Waals surface area (Å²) in [5, 5.41) is 8.12. The van der Waals surface area contributed by atoms with Crippen LogP contribution in [0.25, 0.3) is 0 Å². The van der Waals surface area contributed by atoms with Gasteiger partial charge in [-0.15, -0.1) is 0 Å². The first-order valence-electron chi connectivity index (χ1n) is 1.93. The van der Waals surface area contributed by atoms with Gasteiger partial charge in [-0.1, -0.05) is 0 Å². The van der Waals surface area contributed by atoms with Crippen LogP contribution in [0.2, 0.25) is 0 Å². The van der Waals surface area contributed by atoms with Crippen LogP contribution in [-0.2, 0) is 0 Å². The maximum absolute atomic E-state index is 9.91. The van der Waals surface area contributed by atoms with Crippen molar-refractivity contribution in [2.75, 3.05) is 0 Å². The van der Waals surface area contributed by atoms with Crippen molar-refractivity contribution >= 4 is 5.97 Å².